The Bertz CT molecular complexity index is 1210. The van der Waals surface area contributed by atoms with Crippen molar-refractivity contribution in [2.75, 3.05) is 42.9 Å². The molecule has 0 bridgehead atoms. The molecule has 0 atom stereocenters. The molecule has 5 nitrogen and oxygen atoms in total. The molecule has 1 N–H and O–H groups in total. The zero-order valence-corrected chi connectivity index (χ0v) is 20.8. The number of carbonyl (C=O) groups is 2. The Hall–Kier alpha value is -3.03. The first-order chi connectivity index (χ1) is 17.0. The Morgan fingerprint density at radius 2 is 1.63 bits per heavy atom. The van der Waals surface area contributed by atoms with Crippen molar-refractivity contribution < 1.29 is 14.0 Å². The average molecular weight is 492 g/mol. The number of nitrogens with zero attached hydrogens (tertiary/aromatic N) is 2. The van der Waals surface area contributed by atoms with E-state index in [0.29, 0.717) is 16.1 Å². The van der Waals surface area contributed by atoms with Gasteiger partial charge in [0, 0.05) is 42.3 Å². The molecule has 5 rings (SSSR count). The number of piperazine rings is 1. The predicted molar refractivity (Wildman–Crippen MR) is 139 cm³/mol. The lowest BCUT2D eigenvalue weighted by Crippen LogP contribution is -2.48. The van der Waals surface area contributed by atoms with E-state index in [9.17, 15) is 14.0 Å². The van der Waals surface area contributed by atoms with Crippen molar-refractivity contribution in [2.45, 2.75) is 32.6 Å². The van der Waals surface area contributed by atoms with Gasteiger partial charge >= 0.3 is 0 Å². The highest BCUT2D eigenvalue weighted by Crippen LogP contribution is 2.39. The summed E-state index contributed by atoms with van der Waals surface area (Å²) in [5.41, 5.74) is 4.58. The number of fused-ring (bicyclic) bond motifs is 1. The van der Waals surface area contributed by atoms with Crippen molar-refractivity contribution in [3.05, 3.63) is 81.5 Å². The van der Waals surface area contributed by atoms with Crippen molar-refractivity contribution in [3.8, 4) is 0 Å². The first-order valence-corrected chi connectivity index (χ1v) is 13.1. The fourth-order valence-corrected chi connectivity index (χ4v) is 6.23. The third-order valence-electron chi connectivity index (χ3n) is 6.90. The summed E-state index contributed by atoms with van der Waals surface area (Å²) in [4.78, 5) is 32.1. The largest absolute Gasteiger partial charge is 0.369 e. The molecule has 7 heteroatoms. The number of hydrogen-bond acceptors (Lipinski definition) is 5. The lowest BCUT2D eigenvalue weighted by Gasteiger charge is -2.35. The van der Waals surface area contributed by atoms with Gasteiger partial charge in [-0.25, -0.2) is 4.39 Å². The number of nitrogens with one attached hydrogen (secondary N) is 1. The van der Waals surface area contributed by atoms with Crippen molar-refractivity contribution in [1.29, 1.82) is 0 Å². The lowest BCUT2D eigenvalue weighted by molar-refractivity contribution is -0.117. The molecule has 0 radical (unpaired) electrons. The number of benzene rings is 2. The summed E-state index contributed by atoms with van der Waals surface area (Å²) in [5.74, 6) is -0.330. The minimum atomic E-state index is -0.237. The van der Waals surface area contributed by atoms with E-state index in [1.165, 1.54) is 17.0 Å². The summed E-state index contributed by atoms with van der Waals surface area (Å²) < 4.78 is 13.2. The molecule has 2 aliphatic rings. The predicted octanol–water partition coefficient (Wildman–Crippen LogP) is 5.07. The summed E-state index contributed by atoms with van der Waals surface area (Å²) in [5, 5.41) is 3.78. The molecule has 1 saturated heterocycles. The molecule has 1 aliphatic heterocycles. The van der Waals surface area contributed by atoms with Crippen LogP contribution < -0.4 is 10.2 Å². The molecule has 3 aromatic rings. The zero-order chi connectivity index (χ0) is 24.4. The Labute approximate surface area is 209 Å². The molecule has 35 heavy (non-hydrogen) atoms. The summed E-state index contributed by atoms with van der Waals surface area (Å²) >= 11 is 1.57. The van der Waals surface area contributed by atoms with Crippen LogP contribution in [-0.4, -0.2) is 49.3 Å². The molecule has 1 aromatic heterocycles. The number of hydrogen-bond donors (Lipinski definition) is 1. The van der Waals surface area contributed by atoms with Gasteiger partial charge < -0.3 is 10.2 Å². The van der Waals surface area contributed by atoms with Gasteiger partial charge in [0.1, 0.15) is 10.8 Å². The first-order valence-electron chi connectivity index (χ1n) is 12.3. The molecular formula is C28H30FN3O2S. The van der Waals surface area contributed by atoms with E-state index in [4.69, 9.17) is 0 Å². The molecular weight excluding hydrogens is 461 g/mol. The summed E-state index contributed by atoms with van der Waals surface area (Å²) in [7, 11) is 0. The van der Waals surface area contributed by atoms with Gasteiger partial charge in [0.05, 0.1) is 12.1 Å². The summed E-state index contributed by atoms with van der Waals surface area (Å²) in [6.45, 7) is 5.36. The third kappa shape index (κ3) is 5.31. The quantitative estimate of drug-likeness (QED) is 0.490. The van der Waals surface area contributed by atoms with Gasteiger partial charge in [0.2, 0.25) is 5.91 Å². The van der Waals surface area contributed by atoms with E-state index in [1.807, 2.05) is 31.2 Å². The van der Waals surface area contributed by atoms with E-state index < -0.39 is 0 Å². The molecule has 182 valence electrons. The van der Waals surface area contributed by atoms with Crippen molar-refractivity contribution in [3.63, 3.8) is 0 Å². The molecule has 1 amide bonds. The second kappa shape index (κ2) is 10.3. The van der Waals surface area contributed by atoms with Gasteiger partial charge in [-0.1, -0.05) is 29.8 Å². The minimum Gasteiger partial charge on any atom is -0.369 e. The number of halogens is 1. The Morgan fingerprint density at radius 3 is 2.34 bits per heavy atom. The topological polar surface area (TPSA) is 52.7 Å². The third-order valence-corrected chi connectivity index (χ3v) is 8.10. The number of amides is 1. The van der Waals surface area contributed by atoms with Crippen LogP contribution in [0.1, 0.15) is 44.8 Å². The highest BCUT2D eigenvalue weighted by atomic mass is 32.1. The summed E-state index contributed by atoms with van der Waals surface area (Å²) in [6.07, 6.45) is 4.05. The molecule has 1 aliphatic carbocycles. The number of rotatable bonds is 6. The molecule has 1 fully saturated rings. The SMILES string of the molecule is Cc1ccc(C(=O)c2c(NC(=O)CN3CCN(c4ccc(F)cc4)CC3)sc3c2CCCC3)cc1. The smallest absolute Gasteiger partial charge is 0.239 e. The maximum Gasteiger partial charge on any atom is 0.239 e. The van der Waals surface area contributed by atoms with Crippen molar-refractivity contribution >= 4 is 33.7 Å². The highest BCUT2D eigenvalue weighted by molar-refractivity contribution is 7.17. The van der Waals surface area contributed by atoms with E-state index in [1.54, 1.807) is 23.5 Å². The van der Waals surface area contributed by atoms with Crippen LogP contribution in [0.3, 0.4) is 0 Å². The molecule has 0 saturated carbocycles. The van der Waals surface area contributed by atoms with Gasteiger partial charge in [-0.2, -0.15) is 0 Å². The zero-order valence-electron chi connectivity index (χ0n) is 20.0. The standard InChI is InChI=1S/C28H30FN3O2S/c1-19-6-8-20(9-7-19)27(34)26-23-4-2-3-5-24(23)35-28(26)30-25(33)18-31-14-16-32(17-15-31)22-12-10-21(29)11-13-22/h6-13H,2-5,14-18H2,1H3,(H,30,33). The fraction of sp³-hybridized carbons (Fsp3) is 0.357. The monoisotopic (exact) mass is 491 g/mol. The van der Waals surface area contributed by atoms with Crippen LogP contribution in [0.5, 0.6) is 0 Å². The minimum absolute atomic E-state index is 0.00684. The maximum atomic E-state index is 13.5. The molecule has 0 spiro atoms. The van der Waals surface area contributed by atoms with Crippen LogP contribution >= 0.6 is 11.3 Å². The van der Waals surface area contributed by atoms with Gasteiger partial charge in [0.25, 0.3) is 0 Å². The van der Waals surface area contributed by atoms with Crippen LogP contribution in [0.2, 0.25) is 0 Å². The van der Waals surface area contributed by atoms with Gasteiger partial charge in [-0.05, 0) is 62.4 Å². The van der Waals surface area contributed by atoms with E-state index in [0.717, 1.165) is 68.7 Å². The van der Waals surface area contributed by atoms with Gasteiger partial charge in [-0.15, -0.1) is 11.3 Å². The number of thiophene rings is 1. The van der Waals surface area contributed by atoms with Crippen molar-refractivity contribution in [2.24, 2.45) is 0 Å². The number of carbonyl (C=O) groups excluding carboxylic acids is 2. The second-order valence-electron chi connectivity index (χ2n) is 9.40. The lowest BCUT2D eigenvalue weighted by atomic mass is 9.91. The van der Waals surface area contributed by atoms with Crippen LogP contribution in [0.25, 0.3) is 0 Å². The van der Waals surface area contributed by atoms with Crippen LogP contribution in [-0.2, 0) is 17.6 Å². The van der Waals surface area contributed by atoms with Crippen LogP contribution in [0.4, 0.5) is 15.1 Å². The van der Waals surface area contributed by atoms with Crippen LogP contribution in [0.15, 0.2) is 48.5 Å². The molecule has 2 aromatic carbocycles. The number of ketones is 1. The van der Waals surface area contributed by atoms with E-state index >= 15 is 0 Å². The second-order valence-corrected chi connectivity index (χ2v) is 10.5. The van der Waals surface area contributed by atoms with Gasteiger partial charge in [-0.3, -0.25) is 14.5 Å². The van der Waals surface area contributed by atoms with Crippen LogP contribution in [0, 0.1) is 12.7 Å². The van der Waals surface area contributed by atoms with Gasteiger partial charge in [0.15, 0.2) is 5.78 Å². The fourth-order valence-electron chi connectivity index (χ4n) is 4.93. The number of aryl methyl sites for hydroxylation is 2. The molecule has 0 unspecified atom stereocenters. The normalized spacial score (nSPS) is 16.1. The highest BCUT2D eigenvalue weighted by Gasteiger charge is 2.28. The van der Waals surface area contributed by atoms with E-state index in [-0.39, 0.29) is 24.1 Å². The Kier molecular flexibility index (Phi) is 6.97. The maximum absolute atomic E-state index is 13.5. The molecule has 2 heterocycles. The average Bonchev–Trinajstić information content (AvgIpc) is 3.22. The summed E-state index contributed by atoms with van der Waals surface area (Å²) in [6, 6.07) is 14.2. The number of anilines is 2. The Balaban J connectivity index is 1.26. The Morgan fingerprint density at radius 1 is 0.943 bits per heavy atom. The first kappa shape index (κ1) is 23.7. The van der Waals surface area contributed by atoms with E-state index in [2.05, 4.69) is 15.1 Å². The van der Waals surface area contributed by atoms with Crippen molar-refractivity contribution in [1.82, 2.24) is 4.90 Å².